The molecular formula is C20H25ClN2O2. The van der Waals surface area contributed by atoms with E-state index < -0.39 is 0 Å². The summed E-state index contributed by atoms with van der Waals surface area (Å²) in [7, 11) is 0. The molecular weight excluding hydrogens is 336 g/mol. The van der Waals surface area contributed by atoms with Gasteiger partial charge in [-0.15, -0.1) is 12.4 Å². The number of carbonyl (C=O) groups excluding carboxylic acids is 1. The second-order valence-electron chi connectivity index (χ2n) is 6.42. The van der Waals surface area contributed by atoms with Crippen molar-refractivity contribution < 1.29 is 9.53 Å². The van der Waals surface area contributed by atoms with Gasteiger partial charge in [-0.1, -0.05) is 37.3 Å². The summed E-state index contributed by atoms with van der Waals surface area (Å²) in [6.45, 7) is 5.89. The second kappa shape index (κ2) is 8.88. The van der Waals surface area contributed by atoms with Crippen molar-refractivity contribution in [1.82, 2.24) is 10.6 Å². The van der Waals surface area contributed by atoms with Crippen LogP contribution in [0.1, 0.15) is 25.5 Å². The fraction of sp³-hybridized carbons (Fsp3) is 0.350. The number of hydrogen-bond acceptors (Lipinski definition) is 3. The number of para-hydroxylation sites is 1. The average Bonchev–Trinajstić information content (AvgIpc) is 2.54. The van der Waals surface area contributed by atoms with Crippen LogP contribution >= 0.6 is 12.4 Å². The minimum absolute atomic E-state index is 0. The molecule has 0 spiro atoms. The van der Waals surface area contributed by atoms with Crippen molar-refractivity contribution in [3.8, 4) is 11.5 Å². The zero-order valence-corrected chi connectivity index (χ0v) is 15.4. The van der Waals surface area contributed by atoms with Gasteiger partial charge in [-0.3, -0.25) is 4.79 Å². The molecule has 1 aliphatic heterocycles. The number of rotatable bonds is 6. The van der Waals surface area contributed by atoms with Gasteiger partial charge in [0.25, 0.3) is 0 Å². The molecule has 25 heavy (non-hydrogen) atoms. The molecule has 1 aliphatic rings. The van der Waals surface area contributed by atoms with Crippen molar-refractivity contribution >= 4 is 18.3 Å². The summed E-state index contributed by atoms with van der Waals surface area (Å²) in [6, 6.07) is 17.5. The summed E-state index contributed by atoms with van der Waals surface area (Å²) >= 11 is 0. The average molecular weight is 361 g/mol. The van der Waals surface area contributed by atoms with Crippen molar-refractivity contribution in [3.63, 3.8) is 0 Å². The molecule has 1 saturated heterocycles. The number of nitrogens with one attached hydrogen (secondary N) is 2. The molecule has 1 fully saturated rings. The Morgan fingerprint density at radius 2 is 1.64 bits per heavy atom. The highest BCUT2D eigenvalue weighted by atomic mass is 35.5. The lowest BCUT2D eigenvalue weighted by atomic mass is 9.88. The van der Waals surface area contributed by atoms with Crippen LogP contribution in [-0.2, 0) is 4.79 Å². The lowest BCUT2D eigenvalue weighted by Gasteiger charge is -2.32. The van der Waals surface area contributed by atoms with Crippen LogP contribution in [-0.4, -0.2) is 19.0 Å². The van der Waals surface area contributed by atoms with E-state index in [2.05, 4.69) is 10.6 Å². The monoisotopic (exact) mass is 360 g/mol. The van der Waals surface area contributed by atoms with Crippen molar-refractivity contribution in [2.24, 2.45) is 11.8 Å². The van der Waals surface area contributed by atoms with Crippen LogP contribution in [0.25, 0.3) is 0 Å². The van der Waals surface area contributed by atoms with Gasteiger partial charge < -0.3 is 15.4 Å². The molecule has 2 aromatic rings. The number of amides is 1. The highest BCUT2D eigenvalue weighted by Crippen LogP contribution is 2.24. The number of benzene rings is 2. The molecule has 1 heterocycles. The normalized spacial score (nSPS) is 16.1. The van der Waals surface area contributed by atoms with Gasteiger partial charge in [-0.05, 0) is 55.8 Å². The van der Waals surface area contributed by atoms with Crippen LogP contribution in [0.4, 0.5) is 0 Å². The molecule has 134 valence electrons. The van der Waals surface area contributed by atoms with E-state index >= 15 is 0 Å². The smallest absolute Gasteiger partial charge is 0.223 e. The maximum atomic E-state index is 12.3. The predicted octanol–water partition coefficient (Wildman–Crippen LogP) is 3.93. The molecule has 0 aromatic heterocycles. The lowest BCUT2D eigenvalue weighted by Crippen LogP contribution is -2.49. The van der Waals surface area contributed by atoms with Gasteiger partial charge >= 0.3 is 0 Å². The quantitative estimate of drug-likeness (QED) is 0.820. The van der Waals surface area contributed by atoms with Crippen LogP contribution in [0.15, 0.2) is 54.6 Å². The Hall–Kier alpha value is -2.04. The van der Waals surface area contributed by atoms with E-state index in [-0.39, 0.29) is 30.3 Å². The van der Waals surface area contributed by atoms with E-state index in [1.165, 1.54) is 0 Å². The van der Waals surface area contributed by atoms with Crippen LogP contribution in [0.5, 0.6) is 11.5 Å². The molecule has 2 atom stereocenters. The Morgan fingerprint density at radius 3 is 2.20 bits per heavy atom. The van der Waals surface area contributed by atoms with E-state index in [1.54, 1.807) is 0 Å². The van der Waals surface area contributed by atoms with Crippen LogP contribution in [0.2, 0.25) is 0 Å². The molecule has 0 aliphatic carbocycles. The summed E-state index contributed by atoms with van der Waals surface area (Å²) in [5, 5.41) is 6.32. The fourth-order valence-electron chi connectivity index (χ4n) is 2.76. The Kier molecular flexibility index (Phi) is 6.85. The van der Waals surface area contributed by atoms with E-state index in [4.69, 9.17) is 4.74 Å². The van der Waals surface area contributed by atoms with E-state index in [0.717, 1.165) is 30.2 Å². The summed E-state index contributed by atoms with van der Waals surface area (Å²) in [4.78, 5) is 12.3. The Labute approximate surface area is 155 Å². The topological polar surface area (TPSA) is 50.4 Å². The lowest BCUT2D eigenvalue weighted by molar-refractivity contribution is -0.127. The van der Waals surface area contributed by atoms with E-state index in [1.807, 2.05) is 68.4 Å². The van der Waals surface area contributed by atoms with Gasteiger partial charge in [0.15, 0.2) is 0 Å². The van der Waals surface area contributed by atoms with Gasteiger partial charge in [0.1, 0.15) is 11.5 Å². The highest BCUT2D eigenvalue weighted by Gasteiger charge is 2.29. The van der Waals surface area contributed by atoms with Crippen molar-refractivity contribution in [1.29, 1.82) is 0 Å². The van der Waals surface area contributed by atoms with Gasteiger partial charge in [-0.2, -0.15) is 0 Å². The minimum atomic E-state index is -0.0150. The molecule has 2 unspecified atom stereocenters. The summed E-state index contributed by atoms with van der Waals surface area (Å²) in [6.07, 6.45) is 0. The van der Waals surface area contributed by atoms with Gasteiger partial charge in [0.2, 0.25) is 5.91 Å². The molecule has 0 saturated carbocycles. The van der Waals surface area contributed by atoms with E-state index in [9.17, 15) is 4.79 Å². The minimum Gasteiger partial charge on any atom is -0.457 e. The number of halogens is 1. The summed E-state index contributed by atoms with van der Waals surface area (Å²) in [5.41, 5.74) is 1.07. The van der Waals surface area contributed by atoms with Crippen LogP contribution < -0.4 is 15.4 Å². The largest absolute Gasteiger partial charge is 0.457 e. The fourth-order valence-corrected chi connectivity index (χ4v) is 2.76. The molecule has 0 radical (unpaired) electrons. The number of carbonyl (C=O) groups is 1. The standard InChI is InChI=1S/C20H24N2O2.ClH/c1-14(17-12-21-13-17)20(23)22-15(2)16-8-10-19(11-9-16)24-18-6-4-3-5-7-18;/h3-11,14-15,17,21H,12-13H2,1-2H3,(H,22,23);1H. The molecule has 0 bridgehead atoms. The van der Waals surface area contributed by atoms with Crippen molar-refractivity contribution in [2.45, 2.75) is 19.9 Å². The van der Waals surface area contributed by atoms with Crippen LogP contribution in [0, 0.1) is 11.8 Å². The number of ether oxygens (including phenoxy) is 1. The third-order valence-corrected chi connectivity index (χ3v) is 4.65. The Balaban J connectivity index is 0.00000225. The van der Waals surface area contributed by atoms with Crippen molar-refractivity contribution in [2.75, 3.05) is 13.1 Å². The van der Waals surface area contributed by atoms with Gasteiger partial charge in [-0.25, -0.2) is 0 Å². The highest BCUT2D eigenvalue weighted by molar-refractivity contribution is 5.85. The molecule has 3 rings (SSSR count). The molecule has 5 heteroatoms. The molecule has 2 aromatic carbocycles. The molecule has 4 nitrogen and oxygen atoms in total. The summed E-state index contributed by atoms with van der Waals surface area (Å²) in [5.74, 6) is 2.23. The maximum Gasteiger partial charge on any atom is 0.223 e. The first kappa shape index (κ1) is 19.3. The third kappa shape index (κ3) is 4.97. The summed E-state index contributed by atoms with van der Waals surface area (Å²) < 4.78 is 5.79. The Bertz CT molecular complexity index is 672. The Morgan fingerprint density at radius 1 is 1.04 bits per heavy atom. The first-order valence-corrected chi connectivity index (χ1v) is 8.47. The SMILES string of the molecule is CC(NC(=O)C(C)C1CNC1)c1ccc(Oc2ccccc2)cc1.Cl. The first-order valence-electron chi connectivity index (χ1n) is 8.47. The molecule has 1 amide bonds. The predicted molar refractivity (Wildman–Crippen MR) is 102 cm³/mol. The maximum absolute atomic E-state index is 12.3. The zero-order chi connectivity index (χ0) is 16.9. The number of hydrogen-bond donors (Lipinski definition) is 2. The third-order valence-electron chi connectivity index (χ3n) is 4.65. The first-order chi connectivity index (χ1) is 11.6. The zero-order valence-electron chi connectivity index (χ0n) is 14.6. The second-order valence-corrected chi connectivity index (χ2v) is 6.42. The van der Waals surface area contributed by atoms with Crippen LogP contribution in [0.3, 0.4) is 0 Å². The van der Waals surface area contributed by atoms with Crippen molar-refractivity contribution in [3.05, 3.63) is 60.2 Å². The van der Waals surface area contributed by atoms with Gasteiger partial charge in [0, 0.05) is 5.92 Å². The molecule has 2 N–H and O–H groups in total. The van der Waals surface area contributed by atoms with E-state index in [0.29, 0.717) is 5.92 Å². The van der Waals surface area contributed by atoms with Gasteiger partial charge in [0.05, 0.1) is 6.04 Å².